The second-order valence-electron chi connectivity index (χ2n) is 9.20. The van der Waals surface area contributed by atoms with Crippen molar-refractivity contribution in [3.63, 3.8) is 0 Å². The monoisotopic (exact) mass is 383 g/mol. The second kappa shape index (κ2) is 7.22. The van der Waals surface area contributed by atoms with Crippen molar-refractivity contribution in [3.05, 3.63) is 35.4 Å². The molecule has 0 aliphatic heterocycles. The Morgan fingerprint density at radius 1 is 0.929 bits per heavy atom. The van der Waals surface area contributed by atoms with Crippen molar-refractivity contribution in [2.24, 2.45) is 23.2 Å². The Labute approximate surface area is 165 Å². The average Bonchev–Trinajstić information content (AvgIpc) is 2.65. The van der Waals surface area contributed by atoms with Gasteiger partial charge >= 0.3 is 0 Å². The molecule has 1 aromatic carbocycles. The Hall–Kier alpha value is -2.37. The summed E-state index contributed by atoms with van der Waals surface area (Å²) < 4.78 is 0. The molecule has 3 N–H and O–H groups in total. The van der Waals surface area contributed by atoms with Gasteiger partial charge in [-0.25, -0.2) is 0 Å². The molecule has 28 heavy (non-hydrogen) atoms. The molecule has 6 nitrogen and oxygen atoms in total. The number of rotatable bonds is 4. The molecular formula is C22H29N3O3. The molecule has 4 aliphatic rings. The molecule has 5 rings (SSSR count). The summed E-state index contributed by atoms with van der Waals surface area (Å²) in [5, 5.41) is 2.91. The molecule has 4 fully saturated rings. The van der Waals surface area contributed by atoms with Crippen LogP contribution in [-0.2, 0) is 9.59 Å². The lowest BCUT2D eigenvalue weighted by Gasteiger charge is -2.55. The number of hydrazine groups is 1. The van der Waals surface area contributed by atoms with E-state index in [4.69, 9.17) is 0 Å². The van der Waals surface area contributed by atoms with Gasteiger partial charge in [0.25, 0.3) is 11.8 Å². The summed E-state index contributed by atoms with van der Waals surface area (Å²) in [5.74, 6) is 1.24. The van der Waals surface area contributed by atoms with Crippen molar-refractivity contribution in [1.82, 2.24) is 16.2 Å². The van der Waals surface area contributed by atoms with Gasteiger partial charge in [-0.15, -0.1) is 0 Å². The minimum atomic E-state index is -0.696. The molecule has 1 atom stereocenters. The summed E-state index contributed by atoms with van der Waals surface area (Å²) in [6.07, 6.45) is 6.70. The van der Waals surface area contributed by atoms with E-state index in [1.165, 1.54) is 19.3 Å². The van der Waals surface area contributed by atoms with E-state index in [0.29, 0.717) is 23.3 Å². The van der Waals surface area contributed by atoms with Crippen LogP contribution >= 0.6 is 0 Å². The first-order valence-corrected chi connectivity index (χ1v) is 10.3. The summed E-state index contributed by atoms with van der Waals surface area (Å²) in [6, 6.07) is 6.39. The Morgan fingerprint density at radius 3 is 2.00 bits per heavy atom. The molecule has 150 valence electrons. The number of hydrogen-bond donors (Lipinski definition) is 3. The fourth-order valence-corrected chi connectivity index (χ4v) is 5.81. The van der Waals surface area contributed by atoms with Gasteiger partial charge in [0.05, 0.1) is 0 Å². The van der Waals surface area contributed by atoms with E-state index in [-0.39, 0.29) is 17.2 Å². The highest BCUT2D eigenvalue weighted by Crippen LogP contribution is 2.60. The standard InChI is InChI=1S/C22H29N3O3/c1-13-3-5-18(6-4-13)20(27)25-24-19(26)14(2)23-21(28)22-10-15-7-16(11-22)9-17(8-15)12-22/h3-6,14-17H,7-12H2,1-2H3,(H,23,28)(H,24,26)(H,25,27)/t14-,15?,16?,17?,22?/m0/s1. The van der Waals surface area contributed by atoms with E-state index in [9.17, 15) is 14.4 Å². The van der Waals surface area contributed by atoms with Crippen molar-refractivity contribution in [2.45, 2.75) is 58.4 Å². The number of amides is 3. The molecule has 0 heterocycles. The van der Waals surface area contributed by atoms with Crippen LogP contribution in [0.3, 0.4) is 0 Å². The van der Waals surface area contributed by atoms with Gasteiger partial charge in [0.2, 0.25) is 5.91 Å². The van der Waals surface area contributed by atoms with Crippen molar-refractivity contribution in [3.8, 4) is 0 Å². The van der Waals surface area contributed by atoms with E-state index < -0.39 is 11.9 Å². The van der Waals surface area contributed by atoms with Crippen molar-refractivity contribution < 1.29 is 14.4 Å². The Balaban J connectivity index is 1.30. The van der Waals surface area contributed by atoms with Gasteiger partial charge in [0.1, 0.15) is 6.04 Å². The topological polar surface area (TPSA) is 87.3 Å². The van der Waals surface area contributed by atoms with E-state index in [1.807, 2.05) is 19.1 Å². The number of benzene rings is 1. The number of carbonyl (C=O) groups is 3. The zero-order valence-corrected chi connectivity index (χ0v) is 16.6. The normalized spacial score (nSPS) is 31.1. The van der Waals surface area contributed by atoms with Crippen molar-refractivity contribution in [1.29, 1.82) is 0 Å². The SMILES string of the molecule is Cc1ccc(C(=O)NNC(=O)[C@H](C)NC(=O)C23CC4CC(CC(C4)C2)C3)cc1. The summed E-state index contributed by atoms with van der Waals surface area (Å²) in [5.41, 5.74) is 6.08. The molecule has 0 unspecified atom stereocenters. The van der Waals surface area contributed by atoms with Crippen molar-refractivity contribution >= 4 is 17.7 Å². The molecule has 6 heteroatoms. The molecule has 0 aromatic heterocycles. The molecule has 0 spiro atoms. The lowest BCUT2D eigenvalue weighted by atomic mass is 9.49. The van der Waals surface area contributed by atoms with Crippen LogP contribution in [0, 0.1) is 30.1 Å². The van der Waals surface area contributed by atoms with Gasteiger partial charge in [0.15, 0.2) is 0 Å². The number of nitrogens with one attached hydrogen (secondary N) is 3. The van der Waals surface area contributed by atoms with Gasteiger partial charge in [0, 0.05) is 11.0 Å². The lowest BCUT2D eigenvalue weighted by Crippen LogP contribution is -2.57. The van der Waals surface area contributed by atoms with Gasteiger partial charge in [-0.2, -0.15) is 0 Å². The van der Waals surface area contributed by atoms with E-state index in [0.717, 1.165) is 24.8 Å². The second-order valence-corrected chi connectivity index (χ2v) is 9.20. The Bertz CT molecular complexity index is 751. The fraction of sp³-hybridized carbons (Fsp3) is 0.591. The van der Waals surface area contributed by atoms with Crippen LogP contribution in [0.25, 0.3) is 0 Å². The highest BCUT2D eigenvalue weighted by Gasteiger charge is 2.54. The van der Waals surface area contributed by atoms with Crippen LogP contribution in [0.15, 0.2) is 24.3 Å². The van der Waals surface area contributed by atoms with Crippen LogP contribution in [0.2, 0.25) is 0 Å². The average molecular weight is 383 g/mol. The molecule has 4 bridgehead atoms. The predicted octanol–water partition coefficient (Wildman–Crippen LogP) is 2.48. The van der Waals surface area contributed by atoms with E-state index in [2.05, 4.69) is 16.2 Å². The van der Waals surface area contributed by atoms with Crippen LogP contribution < -0.4 is 16.2 Å². The third-order valence-corrected chi connectivity index (χ3v) is 6.87. The lowest BCUT2D eigenvalue weighted by molar-refractivity contribution is -0.148. The number of hydrogen-bond acceptors (Lipinski definition) is 3. The fourth-order valence-electron chi connectivity index (χ4n) is 5.81. The largest absolute Gasteiger partial charge is 0.344 e. The van der Waals surface area contributed by atoms with E-state index in [1.54, 1.807) is 19.1 Å². The van der Waals surface area contributed by atoms with Crippen LogP contribution in [0.1, 0.15) is 61.4 Å². The molecule has 3 amide bonds. The Kier molecular flexibility index (Phi) is 4.89. The van der Waals surface area contributed by atoms with Crippen LogP contribution in [0.5, 0.6) is 0 Å². The van der Waals surface area contributed by atoms with Gasteiger partial charge in [-0.1, -0.05) is 17.7 Å². The number of carbonyl (C=O) groups excluding carboxylic acids is 3. The predicted molar refractivity (Wildman–Crippen MR) is 105 cm³/mol. The quantitative estimate of drug-likeness (QED) is 0.698. The maximum absolute atomic E-state index is 13.0. The molecule has 0 saturated heterocycles. The Morgan fingerprint density at radius 2 is 1.46 bits per heavy atom. The number of aryl methyl sites for hydroxylation is 1. The molecule has 0 radical (unpaired) electrons. The third-order valence-electron chi connectivity index (χ3n) is 6.87. The molecule has 1 aromatic rings. The minimum Gasteiger partial charge on any atom is -0.344 e. The molecule has 4 aliphatic carbocycles. The van der Waals surface area contributed by atoms with Crippen LogP contribution in [0.4, 0.5) is 0 Å². The maximum atomic E-state index is 13.0. The van der Waals surface area contributed by atoms with Crippen molar-refractivity contribution in [2.75, 3.05) is 0 Å². The highest BCUT2D eigenvalue weighted by molar-refractivity contribution is 5.96. The van der Waals surface area contributed by atoms with Crippen LogP contribution in [-0.4, -0.2) is 23.8 Å². The molecular weight excluding hydrogens is 354 g/mol. The first kappa shape index (κ1) is 19.0. The summed E-state index contributed by atoms with van der Waals surface area (Å²) >= 11 is 0. The van der Waals surface area contributed by atoms with Gasteiger partial charge < -0.3 is 5.32 Å². The summed E-state index contributed by atoms with van der Waals surface area (Å²) in [4.78, 5) is 37.5. The smallest absolute Gasteiger partial charge is 0.269 e. The maximum Gasteiger partial charge on any atom is 0.269 e. The highest BCUT2D eigenvalue weighted by atomic mass is 16.2. The first-order valence-electron chi connectivity index (χ1n) is 10.3. The molecule has 4 saturated carbocycles. The summed E-state index contributed by atoms with van der Waals surface area (Å²) in [6.45, 7) is 3.60. The minimum absolute atomic E-state index is 0.0131. The van der Waals surface area contributed by atoms with E-state index >= 15 is 0 Å². The van der Waals surface area contributed by atoms with Gasteiger partial charge in [-0.3, -0.25) is 25.2 Å². The third kappa shape index (κ3) is 3.64. The van der Waals surface area contributed by atoms with Gasteiger partial charge in [-0.05, 0) is 82.3 Å². The zero-order chi connectivity index (χ0) is 19.9. The zero-order valence-electron chi connectivity index (χ0n) is 16.6. The first-order chi connectivity index (χ1) is 13.3. The summed E-state index contributed by atoms with van der Waals surface area (Å²) in [7, 11) is 0.